The number of hydrogen-bond donors (Lipinski definition) is 0. The zero-order chi connectivity index (χ0) is 15.2. The van der Waals surface area contributed by atoms with Crippen LogP contribution in [0.5, 0.6) is 17.2 Å². The van der Waals surface area contributed by atoms with Crippen molar-refractivity contribution in [2.75, 3.05) is 21.3 Å². The summed E-state index contributed by atoms with van der Waals surface area (Å²) in [5, 5.41) is 11.3. The van der Waals surface area contributed by atoms with E-state index >= 15 is 0 Å². The third kappa shape index (κ3) is 3.18. The van der Waals surface area contributed by atoms with Crippen LogP contribution >= 0.6 is 11.3 Å². The van der Waals surface area contributed by atoms with E-state index in [0.717, 1.165) is 10.4 Å². The first-order valence-corrected chi connectivity index (χ1v) is 7.07. The van der Waals surface area contributed by atoms with Crippen LogP contribution in [0.15, 0.2) is 29.6 Å². The average molecular weight is 301 g/mol. The standard InChI is InChI=1S/C16H15NO3S/c1-18-13-9-15(20-3)14(19-2)8-11(13)7-12(10-17)16-5-4-6-21-16/h4-9H,1-3H3. The van der Waals surface area contributed by atoms with Crippen molar-refractivity contribution in [3.63, 3.8) is 0 Å². The Hall–Kier alpha value is -2.45. The number of nitriles is 1. The van der Waals surface area contributed by atoms with Gasteiger partial charge < -0.3 is 14.2 Å². The van der Waals surface area contributed by atoms with Crippen LogP contribution < -0.4 is 14.2 Å². The highest BCUT2D eigenvalue weighted by atomic mass is 32.1. The van der Waals surface area contributed by atoms with Gasteiger partial charge in [-0.25, -0.2) is 0 Å². The highest BCUT2D eigenvalue weighted by Gasteiger charge is 2.12. The van der Waals surface area contributed by atoms with Gasteiger partial charge in [-0.1, -0.05) is 6.07 Å². The maximum atomic E-state index is 9.34. The molecule has 2 rings (SSSR count). The van der Waals surface area contributed by atoms with Crippen molar-refractivity contribution in [1.82, 2.24) is 0 Å². The Kier molecular flexibility index (Phi) is 4.85. The molecule has 2 aromatic rings. The minimum absolute atomic E-state index is 0.579. The zero-order valence-corrected chi connectivity index (χ0v) is 12.9. The van der Waals surface area contributed by atoms with Crippen LogP contribution in [0.25, 0.3) is 11.6 Å². The number of hydrogen-bond acceptors (Lipinski definition) is 5. The summed E-state index contributed by atoms with van der Waals surface area (Å²) in [6, 6.07) is 9.58. The smallest absolute Gasteiger partial charge is 0.164 e. The summed E-state index contributed by atoms with van der Waals surface area (Å²) in [4.78, 5) is 0.911. The molecule has 0 radical (unpaired) electrons. The van der Waals surface area contributed by atoms with Gasteiger partial charge in [-0.2, -0.15) is 5.26 Å². The van der Waals surface area contributed by atoms with Crippen LogP contribution in [0.3, 0.4) is 0 Å². The van der Waals surface area contributed by atoms with Gasteiger partial charge in [0.15, 0.2) is 11.5 Å². The molecule has 0 fully saturated rings. The van der Waals surface area contributed by atoms with Crippen LogP contribution in [-0.2, 0) is 0 Å². The fourth-order valence-corrected chi connectivity index (χ4v) is 2.60. The molecule has 0 N–H and O–H groups in total. The minimum atomic E-state index is 0.579. The lowest BCUT2D eigenvalue weighted by Crippen LogP contribution is -1.94. The maximum Gasteiger partial charge on any atom is 0.164 e. The molecule has 1 aromatic carbocycles. The fourth-order valence-electron chi connectivity index (χ4n) is 1.91. The lowest BCUT2D eigenvalue weighted by atomic mass is 10.1. The molecule has 1 aromatic heterocycles. The van der Waals surface area contributed by atoms with E-state index in [1.54, 1.807) is 39.5 Å². The van der Waals surface area contributed by atoms with Gasteiger partial charge in [-0.15, -0.1) is 11.3 Å². The second-order valence-corrected chi connectivity index (χ2v) is 5.04. The molecule has 1 heterocycles. The van der Waals surface area contributed by atoms with Crippen molar-refractivity contribution in [2.45, 2.75) is 0 Å². The van der Waals surface area contributed by atoms with Crippen molar-refractivity contribution < 1.29 is 14.2 Å². The lowest BCUT2D eigenvalue weighted by Gasteiger charge is -2.12. The summed E-state index contributed by atoms with van der Waals surface area (Å²) < 4.78 is 15.9. The molecule has 0 saturated heterocycles. The molecule has 108 valence electrons. The van der Waals surface area contributed by atoms with Crippen molar-refractivity contribution in [2.24, 2.45) is 0 Å². The predicted octanol–water partition coefficient (Wildman–Crippen LogP) is 3.84. The second-order valence-electron chi connectivity index (χ2n) is 4.10. The van der Waals surface area contributed by atoms with E-state index in [9.17, 15) is 5.26 Å². The normalized spacial score (nSPS) is 10.9. The molecule has 5 heteroatoms. The Morgan fingerprint density at radius 2 is 1.76 bits per heavy atom. The van der Waals surface area contributed by atoms with Crippen molar-refractivity contribution in [3.8, 4) is 23.3 Å². The number of thiophene rings is 1. The molecule has 0 saturated carbocycles. The monoisotopic (exact) mass is 301 g/mol. The molecule has 21 heavy (non-hydrogen) atoms. The second kappa shape index (κ2) is 6.82. The van der Waals surface area contributed by atoms with E-state index < -0.39 is 0 Å². The van der Waals surface area contributed by atoms with Gasteiger partial charge in [0.25, 0.3) is 0 Å². The number of nitrogens with zero attached hydrogens (tertiary/aromatic N) is 1. The third-order valence-corrected chi connectivity index (χ3v) is 3.85. The molecule has 0 spiro atoms. The van der Waals surface area contributed by atoms with Crippen molar-refractivity contribution in [1.29, 1.82) is 5.26 Å². The number of allylic oxidation sites excluding steroid dienone is 1. The quantitative estimate of drug-likeness (QED) is 0.787. The summed E-state index contributed by atoms with van der Waals surface area (Å²) in [6.45, 7) is 0. The van der Waals surface area contributed by atoms with E-state index in [2.05, 4.69) is 6.07 Å². The van der Waals surface area contributed by atoms with E-state index in [0.29, 0.717) is 22.8 Å². The van der Waals surface area contributed by atoms with Gasteiger partial charge in [-0.05, 0) is 23.6 Å². The van der Waals surface area contributed by atoms with E-state index in [1.807, 2.05) is 17.5 Å². The Morgan fingerprint density at radius 1 is 1.10 bits per heavy atom. The molecule has 0 bridgehead atoms. The SMILES string of the molecule is COc1cc(OC)c(OC)cc1C=C(C#N)c1cccs1. The summed E-state index contributed by atoms with van der Waals surface area (Å²) in [5.41, 5.74) is 1.34. The molecule has 0 unspecified atom stereocenters. The first-order valence-electron chi connectivity index (χ1n) is 6.19. The predicted molar refractivity (Wildman–Crippen MR) is 83.9 cm³/mol. The summed E-state index contributed by atoms with van der Waals surface area (Å²) in [7, 11) is 4.72. The summed E-state index contributed by atoms with van der Waals surface area (Å²) in [5.74, 6) is 1.80. The van der Waals surface area contributed by atoms with Crippen molar-refractivity contribution >= 4 is 23.0 Å². The van der Waals surface area contributed by atoms with Crippen LogP contribution in [0.1, 0.15) is 10.4 Å². The van der Waals surface area contributed by atoms with Crippen LogP contribution in [0.4, 0.5) is 0 Å². The summed E-state index contributed by atoms with van der Waals surface area (Å²) in [6.07, 6.45) is 1.78. The van der Waals surface area contributed by atoms with E-state index in [-0.39, 0.29) is 0 Å². The molecular weight excluding hydrogens is 286 g/mol. The van der Waals surface area contributed by atoms with Crippen LogP contribution in [0, 0.1) is 11.3 Å². The van der Waals surface area contributed by atoms with Crippen molar-refractivity contribution in [3.05, 3.63) is 40.1 Å². The van der Waals surface area contributed by atoms with E-state index in [1.165, 1.54) is 11.3 Å². The molecule has 4 nitrogen and oxygen atoms in total. The molecular formula is C16H15NO3S. The molecule has 0 aliphatic heterocycles. The first-order chi connectivity index (χ1) is 10.2. The Morgan fingerprint density at radius 3 is 2.29 bits per heavy atom. The number of ether oxygens (including phenoxy) is 3. The molecule has 0 aliphatic rings. The average Bonchev–Trinajstić information content (AvgIpc) is 3.05. The van der Waals surface area contributed by atoms with Gasteiger partial charge in [0.1, 0.15) is 11.8 Å². The highest BCUT2D eigenvalue weighted by molar-refractivity contribution is 7.11. The van der Waals surface area contributed by atoms with Crippen LogP contribution in [-0.4, -0.2) is 21.3 Å². The minimum Gasteiger partial charge on any atom is -0.496 e. The van der Waals surface area contributed by atoms with Gasteiger partial charge in [0.05, 0.1) is 26.9 Å². The van der Waals surface area contributed by atoms with Gasteiger partial charge >= 0.3 is 0 Å². The number of benzene rings is 1. The third-order valence-electron chi connectivity index (χ3n) is 2.94. The van der Waals surface area contributed by atoms with Crippen LogP contribution in [0.2, 0.25) is 0 Å². The topological polar surface area (TPSA) is 51.5 Å². The van der Waals surface area contributed by atoms with E-state index in [4.69, 9.17) is 14.2 Å². The largest absolute Gasteiger partial charge is 0.496 e. The van der Waals surface area contributed by atoms with Gasteiger partial charge in [0.2, 0.25) is 0 Å². The fraction of sp³-hybridized carbons (Fsp3) is 0.188. The van der Waals surface area contributed by atoms with Gasteiger partial charge in [-0.3, -0.25) is 0 Å². The first kappa shape index (κ1) is 14.9. The Labute approximate surface area is 127 Å². The van der Waals surface area contributed by atoms with Gasteiger partial charge in [0, 0.05) is 16.5 Å². The number of rotatable bonds is 5. The summed E-state index contributed by atoms with van der Waals surface area (Å²) >= 11 is 1.52. The maximum absolute atomic E-state index is 9.34. The Balaban J connectivity index is 2.55. The zero-order valence-electron chi connectivity index (χ0n) is 12.0. The molecule has 0 aliphatic carbocycles. The molecule has 0 amide bonds. The highest BCUT2D eigenvalue weighted by Crippen LogP contribution is 2.36. The lowest BCUT2D eigenvalue weighted by molar-refractivity contribution is 0.348. The number of methoxy groups -OCH3 is 3. The molecule has 0 atom stereocenters. The Bertz CT molecular complexity index is 684.